The van der Waals surface area contributed by atoms with Crippen molar-refractivity contribution >= 4 is 34.5 Å². The standard InChI is InChI=1S/C14H12ClNO2/c1-2-18-13(17)8-6-10-5-7-12-11(14(10)15)4-3-9-16-12/h3-9H,2H2,1H3/b8-6+. The van der Waals surface area contributed by atoms with Crippen molar-refractivity contribution in [1.82, 2.24) is 4.98 Å². The molecule has 1 aromatic heterocycles. The van der Waals surface area contributed by atoms with E-state index in [-0.39, 0.29) is 5.97 Å². The highest BCUT2D eigenvalue weighted by Crippen LogP contribution is 2.26. The van der Waals surface area contributed by atoms with Crippen LogP contribution in [0.5, 0.6) is 0 Å². The Bertz CT molecular complexity index is 608. The van der Waals surface area contributed by atoms with Gasteiger partial charge < -0.3 is 4.74 Å². The monoisotopic (exact) mass is 261 g/mol. The lowest BCUT2D eigenvalue weighted by Gasteiger charge is -2.03. The predicted octanol–water partition coefficient (Wildman–Crippen LogP) is 3.46. The zero-order valence-corrected chi connectivity index (χ0v) is 10.6. The first-order valence-electron chi connectivity index (χ1n) is 5.60. The molecule has 0 saturated heterocycles. The van der Waals surface area contributed by atoms with Crippen LogP contribution in [0.1, 0.15) is 12.5 Å². The maximum absolute atomic E-state index is 11.2. The molecular weight excluding hydrogens is 250 g/mol. The zero-order chi connectivity index (χ0) is 13.0. The number of aromatic nitrogens is 1. The molecule has 2 rings (SSSR count). The largest absolute Gasteiger partial charge is 0.463 e. The summed E-state index contributed by atoms with van der Waals surface area (Å²) in [6, 6.07) is 7.42. The Morgan fingerprint density at radius 1 is 1.44 bits per heavy atom. The van der Waals surface area contributed by atoms with Crippen molar-refractivity contribution in [3.8, 4) is 0 Å². The van der Waals surface area contributed by atoms with E-state index in [9.17, 15) is 4.79 Å². The summed E-state index contributed by atoms with van der Waals surface area (Å²) in [5.74, 6) is -0.375. The van der Waals surface area contributed by atoms with Gasteiger partial charge in [0.25, 0.3) is 0 Å². The third-order valence-corrected chi connectivity index (χ3v) is 2.86. The van der Waals surface area contributed by atoms with E-state index < -0.39 is 0 Å². The van der Waals surface area contributed by atoms with Gasteiger partial charge in [0.05, 0.1) is 17.1 Å². The van der Waals surface area contributed by atoms with Gasteiger partial charge in [-0.25, -0.2) is 4.79 Å². The highest BCUT2D eigenvalue weighted by molar-refractivity contribution is 6.36. The fourth-order valence-electron chi connectivity index (χ4n) is 1.61. The van der Waals surface area contributed by atoms with Crippen molar-refractivity contribution in [3.05, 3.63) is 47.1 Å². The van der Waals surface area contributed by atoms with Crippen LogP contribution in [0.2, 0.25) is 5.02 Å². The fraction of sp³-hybridized carbons (Fsp3) is 0.143. The maximum atomic E-state index is 11.2. The van der Waals surface area contributed by atoms with Gasteiger partial charge in [0.1, 0.15) is 0 Å². The van der Waals surface area contributed by atoms with Crippen LogP contribution in [0.15, 0.2) is 36.5 Å². The van der Waals surface area contributed by atoms with Crippen LogP contribution in [0.3, 0.4) is 0 Å². The number of esters is 1. The summed E-state index contributed by atoms with van der Waals surface area (Å²) in [6.45, 7) is 2.12. The van der Waals surface area contributed by atoms with Crippen molar-refractivity contribution in [3.63, 3.8) is 0 Å². The summed E-state index contributed by atoms with van der Waals surface area (Å²) in [5.41, 5.74) is 1.60. The molecular formula is C14H12ClNO2. The third kappa shape index (κ3) is 2.68. The number of nitrogens with zero attached hydrogens (tertiary/aromatic N) is 1. The van der Waals surface area contributed by atoms with Crippen LogP contribution < -0.4 is 0 Å². The van der Waals surface area contributed by atoms with Crippen LogP contribution in [-0.2, 0) is 9.53 Å². The van der Waals surface area contributed by atoms with Crippen molar-refractivity contribution in [2.45, 2.75) is 6.92 Å². The minimum Gasteiger partial charge on any atom is -0.463 e. The van der Waals surface area contributed by atoms with Gasteiger partial charge in [-0.15, -0.1) is 0 Å². The normalized spacial score (nSPS) is 11.0. The molecule has 0 amide bonds. The second kappa shape index (κ2) is 5.65. The number of halogens is 1. The average Bonchev–Trinajstić information content (AvgIpc) is 2.39. The van der Waals surface area contributed by atoms with E-state index in [1.54, 1.807) is 19.2 Å². The number of hydrogen-bond acceptors (Lipinski definition) is 3. The van der Waals surface area contributed by atoms with E-state index >= 15 is 0 Å². The van der Waals surface area contributed by atoms with Gasteiger partial charge in [-0.3, -0.25) is 4.98 Å². The average molecular weight is 262 g/mol. The van der Waals surface area contributed by atoms with E-state index in [0.29, 0.717) is 11.6 Å². The van der Waals surface area contributed by atoms with Crippen LogP contribution in [0, 0.1) is 0 Å². The summed E-state index contributed by atoms with van der Waals surface area (Å²) in [4.78, 5) is 15.4. The van der Waals surface area contributed by atoms with Gasteiger partial charge in [0.15, 0.2) is 0 Å². The molecule has 1 aromatic carbocycles. The number of rotatable bonds is 3. The molecule has 2 aromatic rings. The Hall–Kier alpha value is -1.87. The Morgan fingerprint density at radius 3 is 3.06 bits per heavy atom. The molecule has 0 bridgehead atoms. The molecule has 18 heavy (non-hydrogen) atoms. The molecule has 0 radical (unpaired) electrons. The van der Waals surface area contributed by atoms with Crippen molar-refractivity contribution in [1.29, 1.82) is 0 Å². The molecule has 0 fully saturated rings. The van der Waals surface area contributed by atoms with Gasteiger partial charge in [0.2, 0.25) is 0 Å². The number of hydrogen-bond donors (Lipinski definition) is 0. The minimum atomic E-state index is -0.375. The van der Waals surface area contributed by atoms with Crippen molar-refractivity contribution in [2.75, 3.05) is 6.61 Å². The molecule has 0 saturated carbocycles. The third-order valence-electron chi connectivity index (χ3n) is 2.43. The Morgan fingerprint density at radius 2 is 2.28 bits per heavy atom. The van der Waals surface area contributed by atoms with Crippen LogP contribution in [0.25, 0.3) is 17.0 Å². The topological polar surface area (TPSA) is 39.2 Å². The van der Waals surface area contributed by atoms with E-state index in [4.69, 9.17) is 16.3 Å². The number of carbonyl (C=O) groups excluding carboxylic acids is 1. The molecule has 0 N–H and O–H groups in total. The summed E-state index contributed by atoms with van der Waals surface area (Å²) in [6.07, 6.45) is 4.73. The summed E-state index contributed by atoms with van der Waals surface area (Å²) in [7, 11) is 0. The highest BCUT2D eigenvalue weighted by Gasteiger charge is 2.04. The maximum Gasteiger partial charge on any atom is 0.330 e. The number of pyridine rings is 1. The fourth-order valence-corrected chi connectivity index (χ4v) is 1.90. The minimum absolute atomic E-state index is 0.360. The predicted molar refractivity (Wildman–Crippen MR) is 72.4 cm³/mol. The first kappa shape index (κ1) is 12.6. The molecule has 0 aliphatic rings. The number of ether oxygens (including phenoxy) is 1. The van der Waals surface area contributed by atoms with Gasteiger partial charge in [-0.1, -0.05) is 17.7 Å². The Kier molecular flexibility index (Phi) is 3.95. The molecule has 0 aliphatic carbocycles. The van der Waals surface area contributed by atoms with E-state index in [2.05, 4.69) is 4.98 Å². The molecule has 1 heterocycles. The number of carbonyl (C=O) groups is 1. The SMILES string of the molecule is CCOC(=O)/C=C/c1ccc2ncccc2c1Cl. The summed E-state index contributed by atoms with van der Waals surface area (Å²) >= 11 is 6.26. The second-order valence-electron chi connectivity index (χ2n) is 3.62. The van der Waals surface area contributed by atoms with E-state index in [1.165, 1.54) is 6.08 Å². The lowest BCUT2D eigenvalue weighted by Crippen LogP contribution is -1.98. The highest BCUT2D eigenvalue weighted by atomic mass is 35.5. The van der Waals surface area contributed by atoms with Gasteiger partial charge in [-0.05, 0) is 36.8 Å². The quantitative estimate of drug-likeness (QED) is 0.627. The van der Waals surface area contributed by atoms with Crippen molar-refractivity contribution in [2.24, 2.45) is 0 Å². The van der Waals surface area contributed by atoms with Crippen LogP contribution in [-0.4, -0.2) is 17.6 Å². The van der Waals surface area contributed by atoms with Crippen LogP contribution >= 0.6 is 11.6 Å². The Balaban J connectivity index is 2.35. The molecule has 0 atom stereocenters. The smallest absolute Gasteiger partial charge is 0.330 e. The molecule has 3 nitrogen and oxygen atoms in total. The zero-order valence-electron chi connectivity index (χ0n) is 9.89. The van der Waals surface area contributed by atoms with Crippen molar-refractivity contribution < 1.29 is 9.53 Å². The van der Waals surface area contributed by atoms with Gasteiger partial charge in [0, 0.05) is 17.7 Å². The Labute approximate surface area is 110 Å². The summed E-state index contributed by atoms with van der Waals surface area (Å²) in [5, 5.41) is 1.45. The molecule has 0 spiro atoms. The van der Waals surface area contributed by atoms with E-state index in [1.807, 2.05) is 24.3 Å². The van der Waals surface area contributed by atoms with E-state index in [0.717, 1.165) is 16.5 Å². The van der Waals surface area contributed by atoms with Crippen LogP contribution in [0.4, 0.5) is 0 Å². The first-order chi connectivity index (χ1) is 8.72. The summed E-state index contributed by atoms with van der Waals surface area (Å²) < 4.78 is 4.81. The molecule has 0 unspecified atom stereocenters. The van der Waals surface area contributed by atoms with Gasteiger partial charge in [-0.2, -0.15) is 0 Å². The first-order valence-corrected chi connectivity index (χ1v) is 5.98. The lowest BCUT2D eigenvalue weighted by atomic mass is 10.1. The molecule has 0 aliphatic heterocycles. The number of benzene rings is 1. The molecule has 4 heteroatoms. The number of fused-ring (bicyclic) bond motifs is 1. The second-order valence-corrected chi connectivity index (χ2v) is 4.00. The lowest BCUT2D eigenvalue weighted by molar-refractivity contribution is -0.137. The molecule has 92 valence electrons. The van der Waals surface area contributed by atoms with Gasteiger partial charge >= 0.3 is 5.97 Å².